The van der Waals surface area contributed by atoms with E-state index in [2.05, 4.69) is 9.97 Å². The molecule has 0 aliphatic rings. The van der Waals surface area contributed by atoms with E-state index < -0.39 is 21.0 Å². The van der Waals surface area contributed by atoms with Crippen LogP contribution in [0.25, 0.3) is 0 Å². The lowest BCUT2D eigenvalue weighted by Gasteiger charge is -2.20. The van der Waals surface area contributed by atoms with Crippen LogP contribution in [0.1, 0.15) is 16.6 Å². The summed E-state index contributed by atoms with van der Waals surface area (Å²) in [5.74, 6) is -2.92. The molecule has 1 N–H and O–H groups in total. The van der Waals surface area contributed by atoms with Crippen molar-refractivity contribution in [2.24, 2.45) is 0 Å². The summed E-state index contributed by atoms with van der Waals surface area (Å²) in [5.41, 5.74) is 0.152. The summed E-state index contributed by atoms with van der Waals surface area (Å²) in [5, 5.41) is -0.672. The largest absolute Gasteiger partial charge is 0.481 e. The smallest absolute Gasteiger partial charge is 0.355 e. The first-order chi connectivity index (χ1) is 12.7. The van der Waals surface area contributed by atoms with Gasteiger partial charge in [0.25, 0.3) is 10.0 Å². The topological polar surface area (TPSA) is 90.4 Å². The summed E-state index contributed by atoms with van der Waals surface area (Å²) in [7, 11) is -2.08. The van der Waals surface area contributed by atoms with Crippen LogP contribution in [0.3, 0.4) is 0 Å². The van der Waals surface area contributed by atoms with Gasteiger partial charge in [0.2, 0.25) is 11.8 Å². The van der Waals surface area contributed by atoms with Crippen molar-refractivity contribution in [3.05, 3.63) is 40.7 Å². The molecule has 0 fully saturated rings. The van der Waals surface area contributed by atoms with Gasteiger partial charge in [-0.3, -0.25) is 4.72 Å². The number of sulfonamides is 1. The average molecular weight is 440 g/mol. The molecule has 2 aromatic rings. The maximum Gasteiger partial charge on any atom is 0.355 e. The van der Waals surface area contributed by atoms with E-state index >= 15 is 0 Å². The Hall–Kier alpha value is -1.85. The number of thioether (sulfide) groups is 1. The van der Waals surface area contributed by atoms with Crippen molar-refractivity contribution in [1.82, 2.24) is 9.97 Å². The first-order valence-corrected chi connectivity index (χ1v) is 10.5. The minimum absolute atomic E-state index is 0.0364. The normalized spacial score (nSPS) is 12.7. The van der Waals surface area contributed by atoms with Gasteiger partial charge in [0.15, 0.2) is 5.82 Å². The zero-order valence-electron chi connectivity index (χ0n) is 14.4. The van der Waals surface area contributed by atoms with Crippen molar-refractivity contribution in [3.63, 3.8) is 0 Å². The quantitative estimate of drug-likeness (QED) is 0.672. The predicted molar refractivity (Wildman–Crippen MR) is 100 cm³/mol. The summed E-state index contributed by atoms with van der Waals surface area (Å²) in [6.45, 7) is 0. The van der Waals surface area contributed by atoms with E-state index in [1.54, 1.807) is 18.4 Å². The van der Waals surface area contributed by atoms with E-state index in [0.717, 1.165) is 0 Å². The van der Waals surface area contributed by atoms with Gasteiger partial charge < -0.3 is 9.47 Å². The minimum Gasteiger partial charge on any atom is -0.481 e. The fourth-order valence-electron chi connectivity index (χ4n) is 2.17. The van der Waals surface area contributed by atoms with Crippen molar-refractivity contribution < 1.29 is 26.7 Å². The van der Waals surface area contributed by atoms with Gasteiger partial charge in [-0.1, -0.05) is 23.7 Å². The summed E-state index contributed by atoms with van der Waals surface area (Å²) in [6.07, 6.45) is 1.73. The Morgan fingerprint density at radius 1 is 1.19 bits per heavy atom. The third-order valence-electron chi connectivity index (χ3n) is 3.39. The second kappa shape index (κ2) is 8.89. The number of anilines is 1. The van der Waals surface area contributed by atoms with E-state index in [1.165, 1.54) is 38.1 Å². The van der Waals surface area contributed by atoms with Crippen LogP contribution in [0.2, 0.25) is 5.02 Å². The lowest BCUT2D eigenvalue weighted by molar-refractivity contribution is 0.236. The molecule has 2 rings (SSSR count). The lowest BCUT2D eigenvalue weighted by Crippen LogP contribution is -2.22. The molecule has 7 nitrogen and oxygen atoms in total. The van der Waals surface area contributed by atoms with Gasteiger partial charge in [0.1, 0.15) is 0 Å². The number of hydrogen-bond acceptors (Lipinski definition) is 7. The predicted octanol–water partition coefficient (Wildman–Crippen LogP) is 3.56. The molecule has 148 valence electrons. The molecule has 1 aromatic carbocycles. The molecule has 0 saturated carbocycles. The summed E-state index contributed by atoms with van der Waals surface area (Å²) in [4.78, 5) is 8.49. The molecule has 1 aromatic heterocycles. The van der Waals surface area contributed by atoms with E-state index in [0.29, 0.717) is 5.56 Å². The van der Waals surface area contributed by atoms with Gasteiger partial charge in [-0.05, 0) is 17.9 Å². The van der Waals surface area contributed by atoms with E-state index in [1.807, 2.05) is 4.72 Å². The number of nitrogens with zero attached hydrogens (tertiary/aromatic N) is 2. The van der Waals surface area contributed by atoms with E-state index in [4.69, 9.17) is 21.1 Å². The molecule has 0 aliphatic heterocycles. The van der Waals surface area contributed by atoms with Gasteiger partial charge in [0, 0.05) is 0 Å². The Morgan fingerprint density at radius 3 is 2.26 bits per heavy atom. The third-order valence-corrected chi connectivity index (χ3v) is 5.60. The van der Waals surface area contributed by atoms with Crippen LogP contribution in [-0.4, -0.2) is 44.6 Å². The van der Waals surface area contributed by atoms with Gasteiger partial charge in [-0.25, -0.2) is 8.42 Å². The molecule has 0 saturated heterocycles. The first kappa shape index (κ1) is 21.5. The van der Waals surface area contributed by atoms with Crippen molar-refractivity contribution in [1.29, 1.82) is 0 Å². The number of benzene rings is 1. The number of rotatable bonds is 8. The molecule has 27 heavy (non-hydrogen) atoms. The maximum absolute atomic E-state index is 12.8. The molecule has 0 amide bonds. The van der Waals surface area contributed by atoms with Crippen LogP contribution in [0, 0.1) is 0 Å². The molecule has 0 aliphatic carbocycles. The fraction of sp³-hybridized carbons (Fsp3) is 0.333. The monoisotopic (exact) mass is 439 g/mol. The summed E-state index contributed by atoms with van der Waals surface area (Å²) in [6, 6.07) is 5.97. The highest BCUT2D eigenvalue weighted by atomic mass is 35.5. The standard InChI is InChI=1S/C15H16ClF2N3O4S2/c1-24-10-7-11(25-2)20-14(19-10)13(26-3)8-5-4-6-9(16)12(8)21-27(22,23)15(17)18/h4-7,13,15,21H,1-3H3. The van der Waals surface area contributed by atoms with Crippen molar-refractivity contribution >= 4 is 39.1 Å². The van der Waals surface area contributed by atoms with Crippen LogP contribution >= 0.6 is 23.4 Å². The Balaban J connectivity index is 2.60. The molecule has 1 unspecified atom stereocenters. The highest BCUT2D eigenvalue weighted by molar-refractivity contribution is 7.99. The van der Waals surface area contributed by atoms with Gasteiger partial charge in [0.05, 0.1) is 36.2 Å². The van der Waals surface area contributed by atoms with Crippen LogP contribution in [-0.2, 0) is 10.0 Å². The number of aromatic nitrogens is 2. The second-order valence-corrected chi connectivity index (χ2v) is 8.04. The summed E-state index contributed by atoms with van der Waals surface area (Å²) >= 11 is 7.33. The maximum atomic E-state index is 12.8. The average Bonchev–Trinajstić information content (AvgIpc) is 2.64. The number of methoxy groups -OCH3 is 2. The van der Waals surface area contributed by atoms with Crippen LogP contribution in [0.15, 0.2) is 24.3 Å². The molecular formula is C15H16ClF2N3O4S2. The highest BCUT2D eigenvalue weighted by Gasteiger charge is 2.29. The Bertz CT molecular complexity index is 894. The van der Waals surface area contributed by atoms with Crippen molar-refractivity contribution in [2.45, 2.75) is 11.0 Å². The molecule has 0 bridgehead atoms. The van der Waals surface area contributed by atoms with Gasteiger partial charge in [-0.2, -0.15) is 18.7 Å². The third kappa shape index (κ3) is 4.90. The molecule has 0 spiro atoms. The van der Waals surface area contributed by atoms with Crippen molar-refractivity contribution in [3.8, 4) is 11.8 Å². The van der Waals surface area contributed by atoms with E-state index in [9.17, 15) is 17.2 Å². The van der Waals surface area contributed by atoms with Crippen LogP contribution in [0.4, 0.5) is 14.5 Å². The number of para-hydroxylation sites is 1. The number of alkyl halides is 2. The zero-order valence-corrected chi connectivity index (χ0v) is 16.8. The van der Waals surface area contributed by atoms with E-state index in [-0.39, 0.29) is 28.3 Å². The molecule has 1 heterocycles. The first-order valence-electron chi connectivity index (χ1n) is 7.31. The number of halogens is 3. The number of nitrogens with one attached hydrogen (secondary N) is 1. The van der Waals surface area contributed by atoms with Crippen LogP contribution in [0.5, 0.6) is 11.8 Å². The SMILES string of the molecule is COc1cc(OC)nc(C(SC)c2cccc(Cl)c2NS(=O)(=O)C(F)F)n1. The van der Waals surface area contributed by atoms with Crippen molar-refractivity contribution in [2.75, 3.05) is 25.2 Å². The minimum atomic E-state index is -4.91. The Morgan fingerprint density at radius 2 is 1.78 bits per heavy atom. The number of hydrogen-bond donors (Lipinski definition) is 1. The second-order valence-electron chi connectivity index (χ2n) is 5.04. The zero-order chi connectivity index (χ0) is 20.2. The van der Waals surface area contributed by atoms with Gasteiger partial charge in [-0.15, -0.1) is 11.8 Å². The summed E-state index contributed by atoms with van der Waals surface area (Å²) < 4.78 is 61.0. The Labute approximate surface area is 164 Å². The highest BCUT2D eigenvalue weighted by Crippen LogP contribution is 2.41. The molecule has 1 atom stereocenters. The molecule has 0 radical (unpaired) electrons. The molecular weight excluding hydrogens is 424 g/mol. The number of ether oxygens (including phenoxy) is 2. The van der Waals surface area contributed by atoms with Crippen LogP contribution < -0.4 is 14.2 Å². The fourth-order valence-corrected chi connectivity index (χ4v) is 3.83. The molecule has 12 heteroatoms. The van der Waals surface area contributed by atoms with Gasteiger partial charge >= 0.3 is 5.76 Å². The Kier molecular flexibility index (Phi) is 7.06. The lowest BCUT2D eigenvalue weighted by atomic mass is 10.1.